The summed E-state index contributed by atoms with van der Waals surface area (Å²) in [5.74, 6) is 0.409. The molecule has 4 rings (SSSR count). The van der Waals surface area contributed by atoms with E-state index in [4.69, 9.17) is 0 Å². The number of hydrogen-bond acceptors (Lipinski definition) is 4. The third-order valence-electron chi connectivity index (χ3n) is 4.53. The summed E-state index contributed by atoms with van der Waals surface area (Å²) in [6.45, 7) is 5.67. The molecule has 1 amide bonds. The smallest absolute Gasteiger partial charge is 0.252 e. The summed E-state index contributed by atoms with van der Waals surface area (Å²) in [6.07, 6.45) is 0.291. The van der Waals surface area contributed by atoms with Gasteiger partial charge in [-0.25, -0.2) is 14.4 Å². The first-order valence-electron chi connectivity index (χ1n) is 8.40. The molecule has 26 heavy (non-hydrogen) atoms. The largest absolute Gasteiger partial charge is 0.310 e. The first-order chi connectivity index (χ1) is 12.4. The van der Waals surface area contributed by atoms with Gasteiger partial charge < -0.3 is 5.32 Å². The highest BCUT2D eigenvalue weighted by Crippen LogP contribution is 2.39. The van der Waals surface area contributed by atoms with Crippen molar-refractivity contribution in [3.8, 4) is 5.95 Å². The predicted octanol–water partition coefficient (Wildman–Crippen LogP) is 3.20. The molecule has 0 aliphatic carbocycles. The number of carbonyl (C=O) groups excluding carboxylic acids is 1. The normalized spacial score (nSPS) is 16.3. The number of hydrogen-bond donors (Lipinski definition) is 1. The average molecular weight is 351 g/mol. The van der Waals surface area contributed by atoms with E-state index in [2.05, 4.69) is 20.4 Å². The Morgan fingerprint density at radius 1 is 1.12 bits per heavy atom. The lowest BCUT2D eigenvalue weighted by Gasteiger charge is -2.24. The van der Waals surface area contributed by atoms with E-state index < -0.39 is 0 Å². The lowest BCUT2D eigenvalue weighted by atomic mass is 9.86. The fraction of sp³-hybridized carbons (Fsp3) is 0.263. The van der Waals surface area contributed by atoms with Crippen LogP contribution in [0.25, 0.3) is 5.95 Å². The molecule has 0 unspecified atom stereocenters. The third-order valence-corrected chi connectivity index (χ3v) is 4.53. The quantitative estimate of drug-likeness (QED) is 0.769. The molecule has 0 saturated carbocycles. The van der Waals surface area contributed by atoms with Gasteiger partial charge in [0.2, 0.25) is 5.91 Å². The van der Waals surface area contributed by atoms with Gasteiger partial charge in [-0.15, -0.1) is 0 Å². The van der Waals surface area contributed by atoms with E-state index >= 15 is 0 Å². The van der Waals surface area contributed by atoms with Crippen molar-refractivity contribution in [1.82, 2.24) is 19.7 Å². The Balaban J connectivity index is 1.88. The second-order valence-corrected chi connectivity index (χ2v) is 6.57. The molecule has 3 heterocycles. The standard InChI is InChI=1S/C19H18FN5O/c1-10-8-11(2)22-19(21-10)25-18-17(12(3)24-25)15(9-16(26)23-18)13-4-6-14(20)7-5-13/h4-8,15H,9H2,1-3H3,(H,23,26)/t15-/m0/s1. The zero-order valence-corrected chi connectivity index (χ0v) is 14.7. The van der Waals surface area contributed by atoms with Crippen molar-refractivity contribution in [2.75, 3.05) is 5.32 Å². The minimum absolute atomic E-state index is 0.114. The highest BCUT2D eigenvalue weighted by Gasteiger charge is 2.33. The molecular formula is C19H18FN5O. The molecule has 2 aromatic heterocycles. The maximum Gasteiger partial charge on any atom is 0.252 e. The molecule has 0 bridgehead atoms. The Morgan fingerprint density at radius 3 is 2.42 bits per heavy atom. The Labute approximate surface area is 150 Å². The second-order valence-electron chi connectivity index (χ2n) is 6.57. The molecule has 6 nitrogen and oxygen atoms in total. The van der Waals surface area contributed by atoms with E-state index in [1.165, 1.54) is 12.1 Å². The van der Waals surface area contributed by atoms with E-state index in [0.29, 0.717) is 18.2 Å². The van der Waals surface area contributed by atoms with Gasteiger partial charge in [-0.1, -0.05) is 12.1 Å². The summed E-state index contributed by atoms with van der Waals surface area (Å²) in [4.78, 5) is 21.2. The maximum absolute atomic E-state index is 13.3. The maximum atomic E-state index is 13.3. The number of carbonyl (C=O) groups is 1. The number of nitrogens with one attached hydrogen (secondary N) is 1. The van der Waals surface area contributed by atoms with Gasteiger partial charge in [0.05, 0.1) is 5.69 Å². The molecule has 0 radical (unpaired) electrons. The lowest BCUT2D eigenvalue weighted by molar-refractivity contribution is -0.116. The molecule has 0 spiro atoms. The summed E-state index contributed by atoms with van der Waals surface area (Å²) in [5, 5.41) is 7.48. The minimum atomic E-state index is -0.301. The Hall–Kier alpha value is -3.09. The van der Waals surface area contributed by atoms with Crippen molar-refractivity contribution in [1.29, 1.82) is 0 Å². The van der Waals surface area contributed by atoms with Gasteiger partial charge in [0, 0.05) is 29.3 Å². The molecule has 7 heteroatoms. The van der Waals surface area contributed by atoms with E-state index in [9.17, 15) is 9.18 Å². The summed E-state index contributed by atoms with van der Waals surface area (Å²) in [5.41, 5.74) is 4.24. The number of rotatable bonds is 2. The second kappa shape index (κ2) is 6.01. The van der Waals surface area contributed by atoms with Crippen LogP contribution in [0.2, 0.25) is 0 Å². The van der Waals surface area contributed by atoms with Crippen LogP contribution >= 0.6 is 0 Å². The van der Waals surface area contributed by atoms with Crippen molar-refractivity contribution in [2.45, 2.75) is 33.1 Å². The van der Waals surface area contributed by atoms with E-state index in [0.717, 1.165) is 28.2 Å². The van der Waals surface area contributed by atoms with Crippen LogP contribution in [0.3, 0.4) is 0 Å². The van der Waals surface area contributed by atoms with Crippen LogP contribution in [-0.4, -0.2) is 25.7 Å². The zero-order valence-electron chi connectivity index (χ0n) is 14.7. The van der Waals surface area contributed by atoms with Gasteiger partial charge in [-0.05, 0) is 44.5 Å². The average Bonchev–Trinajstić information content (AvgIpc) is 2.91. The van der Waals surface area contributed by atoms with Crippen molar-refractivity contribution >= 4 is 11.7 Å². The summed E-state index contributed by atoms with van der Waals surface area (Å²) < 4.78 is 14.9. The number of fused-ring (bicyclic) bond motifs is 1. The Bertz CT molecular complexity index is 989. The molecule has 0 saturated heterocycles. The Kier molecular flexibility index (Phi) is 3.79. The summed E-state index contributed by atoms with van der Waals surface area (Å²) >= 11 is 0. The summed E-state index contributed by atoms with van der Waals surface area (Å²) in [7, 11) is 0. The number of amides is 1. The van der Waals surface area contributed by atoms with Gasteiger partial charge in [0.1, 0.15) is 11.6 Å². The van der Waals surface area contributed by atoms with Crippen LogP contribution in [-0.2, 0) is 4.79 Å². The monoisotopic (exact) mass is 351 g/mol. The van der Waals surface area contributed by atoms with Crippen molar-refractivity contribution < 1.29 is 9.18 Å². The highest BCUT2D eigenvalue weighted by molar-refractivity contribution is 5.95. The SMILES string of the molecule is Cc1cc(C)nc(-n2nc(C)c3c2NC(=O)C[C@H]3c2ccc(F)cc2)n1. The van der Waals surface area contributed by atoms with E-state index in [-0.39, 0.29) is 17.6 Å². The van der Waals surface area contributed by atoms with Crippen molar-refractivity contribution in [3.63, 3.8) is 0 Å². The van der Waals surface area contributed by atoms with Gasteiger partial charge in [-0.3, -0.25) is 4.79 Å². The first-order valence-corrected chi connectivity index (χ1v) is 8.40. The van der Waals surface area contributed by atoms with Crippen molar-refractivity contribution in [2.24, 2.45) is 0 Å². The molecular weight excluding hydrogens is 333 g/mol. The van der Waals surface area contributed by atoms with Crippen LogP contribution in [0.1, 0.15) is 40.5 Å². The van der Waals surface area contributed by atoms with Gasteiger partial charge in [-0.2, -0.15) is 9.78 Å². The Morgan fingerprint density at radius 2 is 1.77 bits per heavy atom. The lowest BCUT2D eigenvalue weighted by Crippen LogP contribution is -2.25. The van der Waals surface area contributed by atoms with E-state index in [1.807, 2.05) is 26.8 Å². The molecule has 1 N–H and O–H groups in total. The van der Waals surface area contributed by atoms with Crippen molar-refractivity contribution in [3.05, 3.63) is 64.4 Å². The number of halogens is 1. The van der Waals surface area contributed by atoms with Gasteiger partial charge in [0.25, 0.3) is 5.95 Å². The van der Waals surface area contributed by atoms with Crippen LogP contribution in [0.4, 0.5) is 10.2 Å². The summed E-state index contributed by atoms with van der Waals surface area (Å²) in [6, 6.07) is 8.13. The predicted molar refractivity (Wildman–Crippen MR) is 94.9 cm³/mol. The molecule has 132 valence electrons. The van der Waals surface area contributed by atoms with Gasteiger partial charge in [0.15, 0.2) is 0 Å². The highest BCUT2D eigenvalue weighted by atomic mass is 19.1. The number of anilines is 1. The number of aryl methyl sites for hydroxylation is 3. The molecule has 1 aliphatic heterocycles. The zero-order chi connectivity index (χ0) is 18.4. The topological polar surface area (TPSA) is 72.7 Å². The third kappa shape index (κ3) is 2.75. The van der Waals surface area contributed by atoms with Crippen LogP contribution < -0.4 is 5.32 Å². The fourth-order valence-corrected chi connectivity index (χ4v) is 3.47. The van der Waals surface area contributed by atoms with Crippen LogP contribution in [0.5, 0.6) is 0 Å². The van der Waals surface area contributed by atoms with Crippen LogP contribution in [0, 0.1) is 26.6 Å². The number of benzene rings is 1. The van der Waals surface area contributed by atoms with E-state index in [1.54, 1.807) is 16.8 Å². The molecule has 0 fully saturated rings. The molecule has 1 atom stereocenters. The molecule has 3 aromatic rings. The van der Waals surface area contributed by atoms with Gasteiger partial charge >= 0.3 is 0 Å². The minimum Gasteiger partial charge on any atom is -0.310 e. The first kappa shape index (κ1) is 16.4. The number of nitrogens with zero attached hydrogens (tertiary/aromatic N) is 4. The molecule has 1 aromatic carbocycles. The van der Waals surface area contributed by atoms with Crippen LogP contribution in [0.15, 0.2) is 30.3 Å². The fourth-order valence-electron chi connectivity index (χ4n) is 3.47. The molecule has 1 aliphatic rings. The number of aromatic nitrogens is 4.